The number of rotatable bonds is 7. The molecule has 7 heteroatoms. The first-order chi connectivity index (χ1) is 10.5. The van der Waals surface area contributed by atoms with Crippen LogP contribution in [0.2, 0.25) is 0 Å². The van der Waals surface area contributed by atoms with Gasteiger partial charge in [-0.3, -0.25) is 0 Å². The molecule has 0 radical (unpaired) electrons. The Labute approximate surface area is 143 Å². The number of ether oxygens (including phenoxy) is 1. The van der Waals surface area contributed by atoms with Crippen LogP contribution in [0.25, 0.3) is 0 Å². The van der Waals surface area contributed by atoms with Gasteiger partial charge in [0, 0.05) is 13.1 Å². The summed E-state index contributed by atoms with van der Waals surface area (Å²) in [6.45, 7) is 2.91. The van der Waals surface area contributed by atoms with Crippen LogP contribution >= 0.6 is 12.4 Å². The molecule has 0 aliphatic heterocycles. The van der Waals surface area contributed by atoms with E-state index in [1.165, 1.54) is 12.1 Å². The van der Waals surface area contributed by atoms with Crippen molar-refractivity contribution in [2.75, 3.05) is 20.1 Å². The van der Waals surface area contributed by atoms with Crippen molar-refractivity contribution in [3.8, 4) is 11.5 Å². The van der Waals surface area contributed by atoms with Crippen molar-refractivity contribution in [1.29, 1.82) is 0 Å². The Morgan fingerprint density at radius 2 is 1.70 bits per heavy atom. The second-order valence-corrected chi connectivity index (χ2v) is 6.66. The summed E-state index contributed by atoms with van der Waals surface area (Å²) in [6, 6.07) is 14.0. The number of sulfonamides is 1. The van der Waals surface area contributed by atoms with Crippen LogP contribution in [0.1, 0.15) is 5.56 Å². The van der Waals surface area contributed by atoms with Gasteiger partial charge in [0.05, 0.1) is 4.90 Å². The lowest BCUT2D eigenvalue weighted by atomic mass is 10.2. The van der Waals surface area contributed by atoms with Crippen molar-refractivity contribution in [1.82, 2.24) is 10.0 Å². The van der Waals surface area contributed by atoms with Gasteiger partial charge in [0.1, 0.15) is 11.5 Å². The van der Waals surface area contributed by atoms with E-state index in [1.807, 2.05) is 31.2 Å². The van der Waals surface area contributed by atoms with Gasteiger partial charge < -0.3 is 10.1 Å². The fourth-order valence-corrected chi connectivity index (χ4v) is 2.93. The molecule has 0 heterocycles. The third kappa shape index (κ3) is 5.84. The van der Waals surface area contributed by atoms with E-state index in [1.54, 1.807) is 19.2 Å². The zero-order valence-corrected chi connectivity index (χ0v) is 14.7. The maximum atomic E-state index is 12.0. The van der Waals surface area contributed by atoms with Crippen molar-refractivity contribution in [2.24, 2.45) is 0 Å². The number of hydrogen-bond donors (Lipinski definition) is 2. The molecule has 0 saturated heterocycles. The van der Waals surface area contributed by atoms with Crippen LogP contribution < -0.4 is 14.8 Å². The highest BCUT2D eigenvalue weighted by atomic mass is 35.5. The Balaban J connectivity index is 0.00000264. The molecule has 0 aliphatic rings. The number of nitrogens with one attached hydrogen (secondary N) is 2. The van der Waals surface area contributed by atoms with E-state index < -0.39 is 10.0 Å². The second-order valence-electron chi connectivity index (χ2n) is 4.89. The third-order valence-corrected chi connectivity index (χ3v) is 4.50. The molecule has 2 aromatic carbocycles. The summed E-state index contributed by atoms with van der Waals surface area (Å²) in [6.07, 6.45) is 0. The Morgan fingerprint density at radius 1 is 1.00 bits per heavy atom. The molecule has 0 saturated carbocycles. The molecule has 0 atom stereocenters. The Kier molecular flexibility index (Phi) is 7.51. The topological polar surface area (TPSA) is 67.4 Å². The fraction of sp³-hybridized carbons (Fsp3) is 0.250. The van der Waals surface area contributed by atoms with Gasteiger partial charge in [-0.1, -0.05) is 12.1 Å². The lowest BCUT2D eigenvalue weighted by Crippen LogP contribution is -2.30. The van der Waals surface area contributed by atoms with Crippen LogP contribution in [-0.2, 0) is 10.0 Å². The minimum Gasteiger partial charge on any atom is -0.457 e. The van der Waals surface area contributed by atoms with E-state index in [2.05, 4.69) is 10.0 Å². The zero-order valence-electron chi connectivity index (χ0n) is 13.1. The second kappa shape index (κ2) is 8.88. The van der Waals surface area contributed by atoms with Gasteiger partial charge in [0.25, 0.3) is 0 Å². The molecule has 2 rings (SSSR count). The summed E-state index contributed by atoms with van der Waals surface area (Å²) in [4.78, 5) is 0.222. The molecule has 5 nitrogen and oxygen atoms in total. The number of likely N-dealkylation sites (N-methyl/N-ethyl adjacent to an activating group) is 1. The SMILES string of the molecule is CNCCNS(=O)(=O)c1ccc(Oc2cccc(C)c2)cc1.Cl. The molecule has 2 N–H and O–H groups in total. The van der Waals surface area contributed by atoms with Crippen LogP contribution in [0.4, 0.5) is 0 Å². The predicted octanol–water partition coefficient (Wildman–Crippen LogP) is 2.71. The van der Waals surface area contributed by atoms with E-state index in [9.17, 15) is 8.42 Å². The smallest absolute Gasteiger partial charge is 0.240 e. The highest BCUT2D eigenvalue weighted by molar-refractivity contribution is 7.89. The molecule has 0 amide bonds. The van der Waals surface area contributed by atoms with Crippen molar-refractivity contribution < 1.29 is 13.2 Å². The normalized spacial score (nSPS) is 10.9. The summed E-state index contributed by atoms with van der Waals surface area (Å²) in [5.74, 6) is 1.32. The standard InChI is InChI=1S/C16H20N2O3S.ClH/c1-13-4-3-5-15(12-13)21-14-6-8-16(9-7-14)22(19,20)18-11-10-17-2;/h3-9,12,17-18H,10-11H2,1-2H3;1H. The lowest BCUT2D eigenvalue weighted by Gasteiger charge is -2.09. The largest absolute Gasteiger partial charge is 0.457 e. The van der Waals surface area contributed by atoms with Crippen molar-refractivity contribution in [3.63, 3.8) is 0 Å². The summed E-state index contributed by atoms with van der Waals surface area (Å²) < 4.78 is 32.3. The zero-order chi connectivity index (χ0) is 16.0. The molecule has 0 aromatic heterocycles. The molecule has 126 valence electrons. The van der Waals surface area contributed by atoms with E-state index in [-0.39, 0.29) is 17.3 Å². The highest BCUT2D eigenvalue weighted by Crippen LogP contribution is 2.23. The molecule has 0 unspecified atom stereocenters. The first kappa shape index (κ1) is 19.4. The molecule has 23 heavy (non-hydrogen) atoms. The van der Waals surface area contributed by atoms with Gasteiger partial charge in [-0.15, -0.1) is 12.4 Å². The number of hydrogen-bond acceptors (Lipinski definition) is 4. The fourth-order valence-electron chi connectivity index (χ4n) is 1.90. The van der Waals surface area contributed by atoms with Gasteiger partial charge in [-0.05, 0) is 55.9 Å². The molecule has 0 aliphatic carbocycles. The van der Waals surface area contributed by atoms with Crippen LogP contribution in [0, 0.1) is 6.92 Å². The molecule has 0 bridgehead atoms. The first-order valence-corrected chi connectivity index (χ1v) is 8.48. The van der Waals surface area contributed by atoms with Gasteiger partial charge in [0.15, 0.2) is 0 Å². The maximum Gasteiger partial charge on any atom is 0.240 e. The Hall–Kier alpha value is -1.60. The van der Waals surface area contributed by atoms with Gasteiger partial charge in [0.2, 0.25) is 10.0 Å². The summed E-state index contributed by atoms with van der Waals surface area (Å²) in [5, 5.41) is 2.89. The number of halogens is 1. The van der Waals surface area contributed by atoms with E-state index >= 15 is 0 Å². The molecule has 0 fully saturated rings. The van der Waals surface area contributed by atoms with Gasteiger partial charge in [-0.2, -0.15) is 0 Å². The van der Waals surface area contributed by atoms with Crippen LogP contribution in [0.15, 0.2) is 53.4 Å². The summed E-state index contributed by atoms with van der Waals surface area (Å²) in [7, 11) is -1.70. The molecule has 0 spiro atoms. The first-order valence-electron chi connectivity index (χ1n) is 7.00. The maximum absolute atomic E-state index is 12.0. The Bertz CT molecular complexity index is 718. The van der Waals surface area contributed by atoms with Crippen molar-refractivity contribution in [2.45, 2.75) is 11.8 Å². The van der Waals surface area contributed by atoms with E-state index in [0.717, 1.165) is 11.3 Å². The average Bonchev–Trinajstić information content (AvgIpc) is 2.48. The molecular formula is C16H21ClN2O3S. The van der Waals surface area contributed by atoms with Crippen molar-refractivity contribution in [3.05, 3.63) is 54.1 Å². The minimum atomic E-state index is -3.47. The third-order valence-electron chi connectivity index (χ3n) is 3.03. The summed E-state index contributed by atoms with van der Waals surface area (Å²) in [5.41, 5.74) is 1.10. The monoisotopic (exact) mass is 356 g/mol. The Morgan fingerprint density at radius 3 is 2.30 bits per heavy atom. The van der Waals surface area contributed by atoms with E-state index in [4.69, 9.17) is 4.74 Å². The molecule has 2 aromatic rings. The van der Waals surface area contributed by atoms with Crippen LogP contribution in [0.3, 0.4) is 0 Å². The van der Waals surface area contributed by atoms with Crippen molar-refractivity contribution >= 4 is 22.4 Å². The van der Waals surface area contributed by atoms with Gasteiger partial charge in [-0.25, -0.2) is 13.1 Å². The van der Waals surface area contributed by atoms with Crippen LogP contribution in [-0.4, -0.2) is 28.6 Å². The van der Waals surface area contributed by atoms with Crippen LogP contribution in [0.5, 0.6) is 11.5 Å². The van der Waals surface area contributed by atoms with E-state index in [0.29, 0.717) is 18.8 Å². The number of aryl methyl sites for hydroxylation is 1. The highest BCUT2D eigenvalue weighted by Gasteiger charge is 2.13. The quantitative estimate of drug-likeness (QED) is 0.748. The number of benzene rings is 2. The predicted molar refractivity (Wildman–Crippen MR) is 94.1 cm³/mol. The lowest BCUT2D eigenvalue weighted by molar-refractivity contribution is 0.481. The summed E-state index contributed by atoms with van der Waals surface area (Å²) >= 11 is 0. The minimum absolute atomic E-state index is 0. The molecular weight excluding hydrogens is 336 g/mol. The average molecular weight is 357 g/mol. The van der Waals surface area contributed by atoms with Gasteiger partial charge >= 0.3 is 0 Å².